The monoisotopic (exact) mass is 308 g/mol. The third kappa shape index (κ3) is 5.20. The van der Waals surface area contributed by atoms with Crippen molar-refractivity contribution in [2.75, 3.05) is 0 Å². The number of thioether (sulfide) groups is 1. The molecule has 0 spiro atoms. The van der Waals surface area contributed by atoms with Crippen molar-refractivity contribution in [3.8, 4) is 0 Å². The minimum Gasteiger partial charge on any atom is -0.478 e. The molecule has 0 aliphatic heterocycles. The van der Waals surface area contributed by atoms with Gasteiger partial charge >= 0.3 is 5.97 Å². The number of halogens is 1. The van der Waals surface area contributed by atoms with E-state index in [4.69, 9.17) is 5.11 Å². The van der Waals surface area contributed by atoms with Crippen LogP contribution in [-0.2, 0) is 10.5 Å². The molecule has 2 rings (SSSR count). The van der Waals surface area contributed by atoms with Crippen LogP contribution in [0.1, 0.15) is 43.7 Å². The number of hydrogen-bond acceptors (Lipinski definition) is 2. The molecule has 2 unspecified atom stereocenters. The maximum Gasteiger partial charge on any atom is 0.328 e. The summed E-state index contributed by atoms with van der Waals surface area (Å²) in [5, 5.41) is 9.37. The molecular formula is C17H21FO2S. The van der Waals surface area contributed by atoms with Crippen molar-refractivity contribution in [1.82, 2.24) is 0 Å². The molecule has 0 aromatic heterocycles. The van der Waals surface area contributed by atoms with E-state index in [1.807, 2.05) is 11.8 Å². The topological polar surface area (TPSA) is 37.3 Å². The normalized spacial score (nSPS) is 22.6. The Hall–Kier alpha value is -1.29. The zero-order chi connectivity index (χ0) is 15.2. The number of carbonyl (C=O) groups is 1. The predicted molar refractivity (Wildman–Crippen MR) is 85.8 cm³/mol. The maximum absolute atomic E-state index is 13.3. The van der Waals surface area contributed by atoms with Crippen LogP contribution in [0.4, 0.5) is 4.39 Å². The van der Waals surface area contributed by atoms with Crippen molar-refractivity contribution < 1.29 is 14.3 Å². The minimum atomic E-state index is -1.01. The van der Waals surface area contributed by atoms with Gasteiger partial charge in [0.1, 0.15) is 5.82 Å². The molecular weight excluding hydrogens is 287 g/mol. The average Bonchev–Trinajstić information content (AvgIpc) is 2.44. The Kier molecular flexibility index (Phi) is 5.85. The van der Waals surface area contributed by atoms with Gasteiger partial charge in [0.15, 0.2) is 0 Å². The van der Waals surface area contributed by atoms with E-state index >= 15 is 0 Å². The Labute approximate surface area is 129 Å². The van der Waals surface area contributed by atoms with E-state index in [0.29, 0.717) is 10.8 Å². The van der Waals surface area contributed by atoms with E-state index in [1.54, 1.807) is 6.07 Å². The molecule has 4 heteroatoms. The van der Waals surface area contributed by atoms with Crippen molar-refractivity contribution in [3.63, 3.8) is 0 Å². The lowest BCUT2D eigenvalue weighted by Gasteiger charge is -2.26. The van der Waals surface area contributed by atoms with Crippen LogP contribution >= 0.6 is 11.8 Å². The van der Waals surface area contributed by atoms with Crippen LogP contribution in [0.3, 0.4) is 0 Å². The molecule has 1 saturated carbocycles. The summed E-state index contributed by atoms with van der Waals surface area (Å²) in [5.74, 6) is 0.242. The van der Waals surface area contributed by atoms with Crippen molar-refractivity contribution in [2.45, 2.75) is 43.6 Å². The van der Waals surface area contributed by atoms with Crippen LogP contribution < -0.4 is 0 Å². The number of rotatable bonds is 5. The van der Waals surface area contributed by atoms with Crippen LogP contribution in [0.5, 0.6) is 0 Å². The van der Waals surface area contributed by atoms with Gasteiger partial charge < -0.3 is 5.11 Å². The first kappa shape index (κ1) is 16.1. The fourth-order valence-electron chi connectivity index (χ4n) is 2.75. The first-order valence-corrected chi connectivity index (χ1v) is 8.40. The van der Waals surface area contributed by atoms with Crippen molar-refractivity contribution >= 4 is 23.8 Å². The summed E-state index contributed by atoms with van der Waals surface area (Å²) >= 11 is 1.90. The second-order valence-electron chi connectivity index (χ2n) is 5.72. The number of carboxylic acids is 1. The fraction of sp³-hybridized carbons (Fsp3) is 0.471. The van der Waals surface area contributed by atoms with Crippen LogP contribution in [-0.4, -0.2) is 16.3 Å². The molecule has 0 saturated heterocycles. The summed E-state index contributed by atoms with van der Waals surface area (Å²) in [5.41, 5.74) is 1.66. The first-order valence-electron chi connectivity index (χ1n) is 7.35. The van der Waals surface area contributed by atoms with Crippen molar-refractivity contribution in [1.29, 1.82) is 0 Å². The highest BCUT2D eigenvalue weighted by Gasteiger charge is 2.19. The zero-order valence-corrected chi connectivity index (χ0v) is 13.0. The van der Waals surface area contributed by atoms with Gasteiger partial charge in [-0.25, -0.2) is 9.18 Å². The Morgan fingerprint density at radius 1 is 1.48 bits per heavy atom. The highest BCUT2D eigenvalue weighted by atomic mass is 32.2. The Morgan fingerprint density at radius 2 is 2.29 bits per heavy atom. The summed E-state index contributed by atoms with van der Waals surface area (Å²) in [4.78, 5) is 10.6. The third-order valence-corrected chi connectivity index (χ3v) is 5.25. The Balaban J connectivity index is 2.03. The van der Waals surface area contributed by atoms with Gasteiger partial charge in [-0.3, -0.25) is 0 Å². The SMILES string of the molecule is CC1CCCC(SCc2ccc(F)cc2C=CC(=O)O)C1. The van der Waals surface area contributed by atoms with E-state index in [1.165, 1.54) is 43.9 Å². The molecule has 114 valence electrons. The second kappa shape index (κ2) is 7.64. The zero-order valence-electron chi connectivity index (χ0n) is 12.2. The number of aliphatic carboxylic acids is 1. The molecule has 0 amide bonds. The average molecular weight is 308 g/mol. The molecule has 1 N–H and O–H groups in total. The Morgan fingerprint density at radius 3 is 3.00 bits per heavy atom. The molecule has 1 aromatic rings. The maximum atomic E-state index is 13.3. The first-order chi connectivity index (χ1) is 10.0. The molecule has 0 bridgehead atoms. The molecule has 1 aliphatic rings. The van der Waals surface area contributed by atoms with Crippen LogP contribution in [0.25, 0.3) is 6.08 Å². The fourth-order valence-corrected chi connectivity index (χ4v) is 4.23. The Bertz CT molecular complexity index is 528. The highest BCUT2D eigenvalue weighted by Crippen LogP contribution is 2.34. The number of benzene rings is 1. The predicted octanol–water partition coefficient (Wildman–Crippen LogP) is 4.74. The van der Waals surface area contributed by atoms with Gasteiger partial charge in [0, 0.05) is 17.1 Å². The standard InChI is InChI=1S/C17H21FO2S/c1-12-3-2-4-16(9-12)21-11-14-5-7-15(18)10-13(14)6-8-17(19)20/h5-8,10,12,16H,2-4,9,11H2,1H3,(H,19,20). The van der Waals surface area contributed by atoms with Crippen LogP contribution in [0, 0.1) is 11.7 Å². The lowest BCUT2D eigenvalue weighted by molar-refractivity contribution is -0.131. The van der Waals surface area contributed by atoms with Gasteiger partial charge in [0.2, 0.25) is 0 Å². The lowest BCUT2D eigenvalue weighted by Crippen LogP contribution is -2.15. The van der Waals surface area contributed by atoms with Gasteiger partial charge in [0.05, 0.1) is 0 Å². The summed E-state index contributed by atoms with van der Waals surface area (Å²) < 4.78 is 13.3. The van der Waals surface area contributed by atoms with Gasteiger partial charge in [-0.15, -0.1) is 0 Å². The van der Waals surface area contributed by atoms with Crippen molar-refractivity contribution in [3.05, 3.63) is 41.2 Å². The van der Waals surface area contributed by atoms with Gasteiger partial charge in [-0.05, 0) is 48.1 Å². The molecule has 1 fully saturated rings. The minimum absolute atomic E-state index is 0.333. The molecule has 0 radical (unpaired) electrons. The summed E-state index contributed by atoms with van der Waals surface area (Å²) in [7, 11) is 0. The third-order valence-electron chi connectivity index (χ3n) is 3.88. The van der Waals surface area contributed by atoms with Gasteiger partial charge in [0.25, 0.3) is 0 Å². The molecule has 1 aliphatic carbocycles. The van der Waals surface area contributed by atoms with Gasteiger partial charge in [-0.2, -0.15) is 11.8 Å². The van der Waals surface area contributed by atoms with Crippen LogP contribution in [0.2, 0.25) is 0 Å². The molecule has 2 nitrogen and oxygen atoms in total. The molecule has 1 aromatic carbocycles. The number of hydrogen-bond donors (Lipinski definition) is 1. The van der Waals surface area contributed by atoms with E-state index in [0.717, 1.165) is 23.3 Å². The summed E-state index contributed by atoms with van der Waals surface area (Å²) in [6, 6.07) is 4.60. The van der Waals surface area contributed by atoms with E-state index in [9.17, 15) is 9.18 Å². The summed E-state index contributed by atoms with van der Waals surface area (Å²) in [6.07, 6.45) is 7.63. The van der Waals surface area contributed by atoms with Crippen molar-refractivity contribution in [2.24, 2.45) is 5.92 Å². The highest BCUT2D eigenvalue weighted by molar-refractivity contribution is 7.99. The molecule has 21 heavy (non-hydrogen) atoms. The smallest absolute Gasteiger partial charge is 0.328 e. The number of carboxylic acid groups (broad SMARTS) is 1. The van der Waals surface area contributed by atoms with E-state index in [-0.39, 0.29) is 5.82 Å². The molecule has 2 atom stereocenters. The molecule has 0 heterocycles. The quantitative estimate of drug-likeness (QED) is 0.799. The van der Waals surface area contributed by atoms with Crippen LogP contribution in [0.15, 0.2) is 24.3 Å². The summed E-state index contributed by atoms with van der Waals surface area (Å²) in [6.45, 7) is 2.30. The second-order valence-corrected chi connectivity index (χ2v) is 7.01. The van der Waals surface area contributed by atoms with Gasteiger partial charge in [-0.1, -0.05) is 25.8 Å². The van der Waals surface area contributed by atoms with E-state index in [2.05, 4.69) is 6.92 Å². The largest absolute Gasteiger partial charge is 0.478 e. The lowest BCUT2D eigenvalue weighted by atomic mass is 9.91. The van der Waals surface area contributed by atoms with E-state index < -0.39 is 5.97 Å².